The number of nitrogens with zero attached hydrogens (tertiary/aromatic N) is 3. The van der Waals surface area contributed by atoms with Gasteiger partial charge in [-0.05, 0) is 20.3 Å². The molecular formula is C15H30IN5O2S2. The Morgan fingerprint density at radius 3 is 2.40 bits per heavy atom. The summed E-state index contributed by atoms with van der Waals surface area (Å²) in [5.41, 5.74) is 1.10. The fraction of sp³-hybridized carbons (Fsp3) is 0.733. The molecule has 10 heteroatoms. The van der Waals surface area contributed by atoms with Crippen molar-refractivity contribution in [2.45, 2.75) is 33.6 Å². The first-order valence-electron chi connectivity index (χ1n) is 8.10. The molecule has 0 radical (unpaired) electrons. The van der Waals surface area contributed by atoms with Crippen LogP contribution in [0.5, 0.6) is 0 Å². The molecule has 25 heavy (non-hydrogen) atoms. The Bertz CT molecular complexity index is 627. The minimum absolute atomic E-state index is 0. The largest absolute Gasteiger partial charge is 0.356 e. The number of aryl methyl sites for hydroxylation is 2. The van der Waals surface area contributed by atoms with Gasteiger partial charge in [-0.3, -0.25) is 4.99 Å². The minimum Gasteiger partial charge on any atom is -0.356 e. The molecule has 0 spiro atoms. The monoisotopic (exact) mass is 503 g/mol. The van der Waals surface area contributed by atoms with Gasteiger partial charge < -0.3 is 10.6 Å². The second-order valence-corrected chi connectivity index (χ2v) is 8.80. The summed E-state index contributed by atoms with van der Waals surface area (Å²) >= 11 is 1.73. The van der Waals surface area contributed by atoms with Crippen LogP contribution in [-0.4, -0.2) is 63.1 Å². The molecule has 1 aromatic rings. The van der Waals surface area contributed by atoms with E-state index in [4.69, 9.17) is 0 Å². The van der Waals surface area contributed by atoms with Crippen LogP contribution >= 0.6 is 35.3 Å². The first-order chi connectivity index (χ1) is 11.3. The SMILES string of the molecule is CCN(CCCNC(=NC)NCCc1nc(C)c(C)s1)S(C)(=O)=O.I. The molecule has 1 aromatic heterocycles. The van der Waals surface area contributed by atoms with Gasteiger partial charge >= 0.3 is 0 Å². The molecule has 146 valence electrons. The molecule has 0 aliphatic heterocycles. The van der Waals surface area contributed by atoms with E-state index in [2.05, 4.69) is 27.5 Å². The van der Waals surface area contributed by atoms with Crippen molar-refractivity contribution in [1.82, 2.24) is 19.9 Å². The van der Waals surface area contributed by atoms with Crippen LogP contribution in [-0.2, 0) is 16.4 Å². The maximum absolute atomic E-state index is 11.5. The predicted molar refractivity (Wildman–Crippen MR) is 117 cm³/mol. The molecule has 0 amide bonds. The van der Waals surface area contributed by atoms with Gasteiger partial charge in [0, 0.05) is 44.5 Å². The zero-order chi connectivity index (χ0) is 18.2. The van der Waals surface area contributed by atoms with Crippen molar-refractivity contribution >= 4 is 51.3 Å². The van der Waals surface area contributed by atoms with E-state index in [0.29, 0.717) is 19.6 Å². The average molecular weight is 503 g/mol. The summed E-state index contributed by atoms with van der Waals surface area (Å²) in [4.78, 5) is 9.95. The second-order valence-electron chi connectivity index (χ2n) is 5.53. The van der Waals surface area contributed by atoms with Crippen molar-refractivity contribution in [2.75, 3.05) is 39.5 Å². The van der Waals surface area contributed by atoms with E-state index in [1.165, 1.54) is 15.4 Å². The summed E-state index contributed by atoms with van der Waals surface area (Å²) in [5.74, 6) is 0.724. The van der Waals surface area contributed by atoms with Crippen molar-refractivity contribution < 1.29 is 8.42 Å². The van der Waals surface area contributed by atoms with E-state index in [1.807, 2.05) is 13.8 Å². The van der Waals surface area contributed by atoms with Crippen molar-refractivity contribution in [3.05, 3.63) is 15.6 Å². The predicted octanol–water partition coefficient (Wildman–Crippen LogP) is 1.76. The highest BCUT2D eigenvalue weighted by atomic mass is 127. The molecule has 1 heterocycles. The van der Waals surface area contributed by atoms with Gasteiger partial charge in [0.1, 0.15) is 0 Å². The Labute approximate surface area is 172 Å². The molecule has 0 unspecified atom stereocenters. The maximum Gasteiger partial charge on any atom is 0.211 e. The number of thiazole rings is 1. The third kappa shape index (κ3) is 9.15. The van der Waals surface area contributed by atoms with E-state index in [-0.39, 0.29) is 24.0 Å². The number of hydrogen-bond acceptors (Lipinski definition) is 5. The highest BCUT2D eigenvalue weighted by molar-refractivity contribution is 14.0. The Kier molecular flexibility index (Phi) is 11.8. The first kappa shape index (κ1) is 24.5. The van der Waals surface area contributed by atoms with Gasteiger partial charge in [0.15, 0.2) is 5.96 Å². The summed E-state index contributed by atoms with van der Waals surface area (Å²) in [7, 11) is -1.39. The summed E-state index contributed by atoms with van der Waals surface area (Å²) in [6.07, 6.45) is 2.83. The number of rotatable bonds is 9. The molecule has 0 saturated heterocycles. The van der Waals surface area contributed by atoms with Crippen LogP contribution in [0, 0.1) is 13.8 Å². The highest BCUT2D eigenvalue weighted by Crippen LogP contribution is 2.16. The molecule has 0 aliphatic rings. The smallest absolute Gasteiger partial charge is 0.211 e. The number of hydrogen-bond donors (Lipinski definition) is 2. The van der Waals surface area contributed by atoms with Crippen LogP contribution < -0.4 is 10.6 Å². The molecule has 1 rings (SSSR count). The van der Waals surface area contributed by atoms with Crippen molar-refractivity contribution in [2.24, 2.45) is 4.99 Å². The van der Waals surface area contributed by atoms with Gasteiger partial charge in [-0.1, -0.05) is 6.92 Å². The number of halogens is 1. The van der Waals surface area contributed by atoms with E-state index in [0.717, 1.165) is 36.0 Å². The molecule has 0 aliphatic carbocycles. The zero-order valence-electron chi connectivity index (χ0n) is 15.6. The summed E-state index contributed by atoms with van der Waals surface area (Å²) in [6.45, 7) is 8.39. The van der Waals surface area contributed by atoms with Crippen LogP contribution in [0.1, 0.15) is 28.9 Å². The van der Waals surface area contributed by atoms with Gasteiger partial charge in [0.2, 0.25) is 10.0 Å². The van der Waals surface area contributed by atoms with Crippen molar-refractivity contribution in [1.29, 1.82) is 0 Å². The lowest BCUT2D eigenvalue weighted by atomic mass is 10.4. The lowest BCUT2D eigenvalue weighted by molar-refractivity contribution is 0.424. The van der Waals surface area contributed by atoms with Crippen LogP contribution in [0.15, 0.2) is 4.99 Å². The van der Waals surface area contributed by atoms with Gasteiger partial charge in [-0.15, -0.1) is 35.3 Å². The molecular weight excluding hydrogens is 473 g/mol. The number of aliphatic imine (C=N–C) groups is 1. The Balaban J connectivity index is 0.00000576. The van der Waals surface area contributed by atoms with Crippen molar-refractivity contribution in [3.8, 4) is 0 Å². The Morgan fingerprint density at radius 2 is 1.92 bits per heavy atom. The molecule has 0 bridgehead atoms. The third-order valence-corrected chi connectivity index (χ3v) is 6.14. The fourth-order valence-corrected chi connectivity index (χ4v) is 4.04. The minimum atomic E-state index is -3.11. The lowest BCUT2D eigenvalue weighted by Gasteiger charge is -2.18. The van der Waals surface area contributed by atoms with Crippen LogP contribution in [0.2, 0.25) is 0 Å². The number of sulfonamides is 1. The quantitative estimate of drug-likeness (QED) is 0.232. The molecule has 2 N–H and O–H groups in total. The van der Waals surface area contributed by atoms with Gasteiger partial charge in [0.05, 0.1) is 17.0 Å². The third-order valence-electron chi connectivity index (χ3n) is 3.63. The van der Waals surface area contributed by atoms with Crippen LogP contribution in [0.3, 0.4) is 0 Å². The Hall–Kier alpha value is -0.460. The topological polar surface area (TPSA) is 86.7 Å². The molecule has 0 aromatic carbocycles. The van der Waals surface area contributed by atoms with Crippen LogP contribution in [0.25, 0.3) is 0 Å². The summed E-state index contributed by atoms with van der Waals surface area (Å²) in [5, 5.41) is 7.58. The van der Waals surface area contributed by atoms with Gasteiger partial charge in [0.25, 0.3) is 0 Å². The fourth-order valence-electron chi connectivity index (χ4n) is 2.18. The zero-order valence-corrected chi connectivity index (χ0v) is 19.6. The van der Waals surface area contributed by atoms with Gasteiger partial charge in [-0.25, -0.2) is 17.7 Å². The number of aromatic nitrogens is 1. The summed E-state index contributed by atoms with van der Waals surface area (Å²) in [6, 6.07) is 0. The first-order valence-corrected chi connectivity index (χ1v) is 10.8. The molecule has 0 saturated carbocycles. The molecule has 0 fully saturated rings. The number of nitrogens with one attached hydrogen (secondary N) is 2. The van der Waals surface area contributed by atoms with E-state index in [1.54, 1.807) is 18.4 Å². The van der Waals surface area contributed by atoms with E-state index >= 15 is 0 Å². The second kappa shape index (κ2) is 12.0. The summed E-state index contributed by atoms with van der Waals surface area (Å²) < 4.78 is 24.5. The van der Waals surface area contributed by atoms with Crippen molar-refractivity contribution in [3.63, 3.8) is 0 Å². The lowest BCUT2D eigenvalue weighted by Crippen LogP contribution is -2.40. The van der Waals surface area contributed by atoms with E-state index in [9.17, 15) is 8.42 Å². The molecule has 7 nitrogen and oxygen atoms in total. The highest BCUT2D eigenvalue weighted by Gasteiger charge is 2.13. The Morgan fingerprint density at radius 1 is 1.28 bits per heavy atom. The van der Waals surface area contributed by atoms with Crippen LogP contribution in [0.4, 0.5) is 0 Å². The standard InChI is InChI=1S/C15H29N5O2S2.HI/c1-6-20(24(5,21)22)11-7-9-17-15(16-4)18-10-8-14-19-12(2)13(3)23-14;/h6-11H2,1-5H3,(H2,16,17,18);1H. The normalized spacial score (nSPS) is 12.2. The average Bonchev–Trinajstić information content (AvgIpc) is 2.82. The number of guanidine groups is 1. The van der Waals surface area contributed by atoms with E-state index < -0.39 is 10.0 Å². The molecule has 0 atom stereocenters. The van der Waals surface area contributed by atoms with Gasteiger partial charge in [-0.2, -0.15) is 0 Å². The maximum atomic E-state index is 11.5.